The van der Waals surface area contributed by atoms with Crippen molar-refractivity contribution in [3.05, 3.63) is 149 Å². The lowest BCUT2D eigenvalue weighted by atomic mass is 9.87. The lowest BCUT2D eigenvalue weighted by molar-refractivity contribution is -0.126. The number of aromatic amines is 1. The van der Waals surface area contributed by atoms with E-state index in [1.807, 2.05) is 36.6 Å². The monoisotopic (exact) mass is 1390 g/mol. The smallest absolute Gasteiger partial charge is 0.469 e. The number of hydrogen-bond donors (Lipinski definition) is 6. The van der Waals surface area contributed by atoms with E-state index in [2.05, 4.69) is 110 Å². The highest BCUT2D eigenvalue weighted by molar-refractivity contribution is 8.77. The van der Waals surface area contributed by atoms with Crippen LogP contribution in [-0.4, -0.2) is 148 Å². The average Bonchev–Trinajstić information content (AvgIpc) is 0.859. The molecule has 0 radical (unpaired) electrons. The van der Waals surface area contributed by atoms with Crippen molar-refractivity contribution in [3.8, 4) is 29.1 Å². The fraction of sp³-hybridized carbons (Fsp3) is 0.463. The maximum Gasteiger partial charge on any atom is 0.469 e. The van der Waals surface area contributed by atoms with Gasteiger partial charge >= 0.3 is 13.5 Å². The van der Waals surface area contributed by atoms with Gasteiger partial charge in [-0.3, -0.25) is 38.0 Å². The number of Topliss-reactive ketones (excluding diaryl/α,β-unsaturated/α-hetero) is 1. The average molecular weight is 1390 g/mol. The molecule has 0 aliphatic carbocycles. The minimum atomic E-state index is -4.84. The van der Waals surface area contributed by atoms with E-state index < -0.39 is 55.5 Å². The molecule has 6 N–H and O–H groups in total. The molecule has 2 unspecified atom stereocenters. The molecule has 1 saturated heterocycles. The molecule has 3 amide bonds. The van der Waals surface area contributed by atoms with Crippen LogP contribution in [0.1, 0.15) is 135 Å². The van der Waals surface area contributed by atoms with Gasteiger partial charge in [-0.15, -0.1) is 0 Å². The van der Waals surface area contributed by atoms with E-state index in [0.717, 1.165) is 67.2 Å². The number of H-pyrrole nitrogens is 1. The first-order valence-electron chi connectivity index (χ1n) is 31.0. The number of carbonyl (C=O) groups is 4. The second kappa shape index (κ2) is 36.2. The van der Waals surface area contributed by atoms with Crippen LogP contribution in [0.25, 0.3) is 11.6 Å². The summed E-state index contributed by atoms with van der Waals surface area (Å²) in [4.78, 5) is 101. The Bertz CT molecular complexity index is 3850. The van der Waals surface area contributed by atoms with Crippen molar-refractivity contribution in [3.63, 3.8) is 0 Å². The van der Waals surface area contributed by atoms with Crippen LogP contribution < -0.4 is 47.1 Å². The number of rotatable bonds is 34. The molecule has 27 heteroatoms. The van der Waals surface area contributed by atoms with Crippen molar-refractivity contribution in [1.29, 1.82) is 0 Å². The van der Waals surface area contributed by atoms with Crippen molar-refractivity contribution in [2.24, 2.45) is 0 Å². The Kier molecular flexibility index (Phi) is 28.9. The third kappa shape index (κ3) is 22.7. The summed E-state index contributed by atoms with van der Waals surface area (Å²) in [6.07, 6.45) is 5.07. The molecule has 3 heterocycles. The van der Waals surface area contributed by atoms with Crippen molar-refractivity contribution < 1.29 is 66.5 Å². The Morgan fingerprint density at radius 2 is 1.72 bits per heavy atom. The SMILES string of the molecule is CC/C=c1/cc2c(cc1C)=C(c1ccccc1C(=O)N(C)CCCC(=O)CCCNC(=O)c1cccc(OCC(OCCOCC(=O)NCC#Cc3cn([C@H]4CC(O[C@@H](C)SSC)[C@@H](COP(=O)(O)O)O4)c(=O)[nH]c3=O)SSC(C)(C)C)c1)c1cc(C)c(NCC)cc1O2. The first kappa shape index (κ1) is 75.1. The number of fused-ring (bicyclic) bond motifs is 2. The number of nitrogens with zero attached hydrogens (tertiary/aromatic N) is 2. The van der Waals surface area contributed by atoms with Gasteiger partial charge in [0.15, 0.2) is 0 Å². The molecule has 7 rings (SSSR count). The summed E-state index contributed by atoms with van der Waals surface area (Å²) in [5.41, 5.74) is 4.28. The zero-order chi connectivity index (χ0) is 68.1. The van der Waals surface area contributed by atoms with Crippen LogP contribution in [0.15, 0.2) is 88.6 Å². The molecule has 1 aromatic heterocycles. The van der Waals surface area contributed by atoms with Gasteiger partial charge in [-0.05, 0) is 118 Å². The molecule has 1 fully saturated rings. The van der Waals surface area contributed by atoms with Gasteiger partial charge in [-0.25, -0.2) is 9.36 Å². The summed E-state index contributed by atoms with van der Waals surface area (Å²) in [5, 5.41) is 11.0. The molecule has 4 aromatic carbocycles. The Balaban J connectivity index is 0.828. The highest BCUT2D eigenvalue weighted by Gasteiger charge is 2.40. The van der Waals surface area contributed by atoms with Gasteiger partial charge in [0.05, 0.1) is 32.5 Å². The minimum Gasteiger partial charge on any atom is -0.490 e. The summed E-state index contributed by atoms with van der Waals surface area (Å²) in [6, 6.07) is 22.9. The number of amides is 3. The van der Waals surface area contributed by atoms with Crippen LogP contribution >= 0.6 is 51.0 Å². The normalized spacial score (nSPS) is 16.0. The van der Waals surface area contributed by atoms with Gasteiger partial charge in [0.25, 0.3) is 17.4 Å². The minimum absolute atomic E-state index is 0.0411. The molecule has 2 aliphatic heterocycles. The third-order valence-corrected chi connectivity index (χ3v) is 20.6. The number of phosphoric ester groups is 1. The first-order chi connectivity index (χ1) is 44.8. The predicted molar refractivity (Wildman–Crippen MR) is 372 cm³/mol. The Morgan fingerprint density at radius 3 is 2.47 bits per heavy atom. The fourth-order valence-electron chi connectivity index (χ4n) is 10.2. The summed E-state index contributed by atoms with van der Waals surface area (Å²) in [5.74, 6) is 6.34. The number of benzene rings is 4. The fourth-order valence-corrected chi connectivity index (χ4v) is 14.1. The van der Waals surface area contributed by atoms with Crippen LogP contribution in [0.3, 0.4) is 0 Å². The van der Waals surface area contributed by atoms with Gasteiger partial charge in [0.2, 0.25) is 5.91 Å². The Hall–Kier alpha value is -6.31. The molecule has 94 heavy (non-hydrogen) atoms. The number of carbonyl (C=O) groups excluding carboxylic acids is 4. The van der Waals surface area contributed by atoms with E-state index in [1.54, 1.807) is 53.9 Å². The molecular weight excluding hydrogens is 1300 g/mol. The van der Waals surface area contributed by atoms with E-state index >= 15 is 0 Å². The van der Waals surface area contributed by atoms with Crippen LogP contribution in [0.4, 0.5) is 5.69 Å². The maximum atomic E-state index is 14.4. The van der Waals surface area contributed by atoms with E-state index in [-0.39, 0.29) is 92.1 Å². The van der Waals surface area contributed by atoms with Gasteiger partial charge in [-0.2, -0.15) is 0 Å². The molecule has 0 spiro atoms. The molecule has 0 saturated carbocycles. The van der Waals surface area contributed by atoms with Crippen molar-refractivity contribution in [2.75, 3.05) is 77.8 Å². The number of aryl methyl sites for hydroxylation is 2. The van der Waals surface area contributed by atoms with Crippen LogP contribution in [0.2, 0.25) is 0 Å². The van der Waals surface area contributed by atoms with Crippen LogP contribution in [0.5, 0.6) is 17.2 Å². The van der Waals surface area contributed by atoms with Gasteiger partial charge in [0, 0.05) is 96.1 Å². The van der Waals surface area contributed by atoms with E-state index in [9.17, 15) is 43.1 Å². The molecule has 508 valence electrons. The van der Waals surface area contributed by atoms with Crippen molar-refractivity contribution in [2.45, 2.75) is 128 Å². The summed E-state index contributed by atoms with van der Waals surface area (Å²) < 4.78 is 53.5. The molecule has 5 atom stereocenters. The Morgan fingerprint density at radius 1 is 0.947 bits per heavy atom. The van der Waals surface area contributed by atoms with E-state index in [4.69, 9.17) is 28.4 Å². The molecular formula is C67H85N6O16PS4. The molecule has 0 bridgehead atoms. The molecule has 5 aromatic rings. The summed E-state index contributed by atoms with van der Waals surface area (Å²) >= 11 is 0. The summed E-state index contributed by atoms with van der Waals surface area (Å²) in [7, 11) is 2.89. The number of aromatic nitrogens is 2. The van der Waals surface area contributed by atoms with Crippen molar-refractivity contribution >= 4 is 91.8 Å². The molecule has 2 aliphatic rings. The lowest BCUT2D eigenvalue weighted by Gasteiger charge is -2.25. The quantitative estimate of drug-likeness (QED) is 0.00722. The third-order valence-electron chi connectivity index (χ3n) is 14.6. The second-order valence-corrected chi connectivity index (χ2v) is 30.4. The highest BCUT2D eigenvalue weighted by atomic mass is 33.1. The predicted octanol–water partition coefficient (Wildman–Crippen LogP) is 8.99. The number of ether oxygens (including phenoxy) is 6. The zero-order valence-corrected chi connectivity index (χ0v) is 58.8. The number of hydrogen-bond acceptors (Lipinski definition) is 19. The number of anilines is 1. The second-order valence-electron chi connectivity index (χ2n) is 23.2. The largest absolute Gasteiger partial charge is 0.490 e. The maximum absolute atomic E-state index is 14.4. The number of ketones is 1. The zero-order valence-electron chi connectivity index (χ0n) is 54.7. The van der Waals surface area contributed by atoms with Gasteiger partial charge in [-0.1, -0.05) is 113 Å². The Labute approximate surface area is 564 Å². The van der Waals surface area contributed by atoms with Crippen LogP contribution in [0, 0.1) is 25.7 Å². The van der Waals surface area contributed by atoms with Gasteiger partial charge in [0.1, 0.15) is 65.0 Å². The van der Waals surface area contributed by atoms with Crippen LogP contribution in [-0.2, 0) is 37.6 Å². The van der Waals surface area contributed by atoms with E-state index in [1.165, 1.54) is 38.6 Å². The van der Waals surface area contributed by atoms with E-state index in [0.29, 0.717) is 42.0 Å². The first-order valence-corrected chi connectivity index (χ1v) is 37.4. The lowest BCUT2D eigenvalue weighted by Crippen LogP contribution is -2.34. The van der Waals surface area contributed by atoms with Gasteiger partial charge < -0.3 is 59.1 Å². The number of nitrogens with one attached hydrogen (secondary N) is 4. The number of phosphoric acid groups is 1. The molecule has 22 nitrogen and oxygen atoms in total. The topological polar surface area (TPSA) is 285 Å². The summed E-state index contributed by atoms with van der Waals surface area (Å²) in [6.45, 7) is 17.1. The highest BCUT2D eigenvalue weighted by Crippen LogP contribution is 2.43. The van der Waals surface area contributed by atoms with Crippen molar-refractivity contribution in [1.82, 2.24) is 25.1 Å². The standard InChI is InChI=1S/C67H85N6O16PS4/c1-11-19-45-35-55-52(32-42(45)3)62(53-33-43(4)54(68-12-2)36-56(53)88-55)50-25-13-14-26-51(50)65(78)72(9)29-18-23-48(74)22-17-28-70-63(76)46-20-15-24-49(34-46)85-41-61(93-94-67(6,7)8)84-31-30-83-40-59(75)69-27-16-21-47-38-73(66(79)71-64(47)77)60-37-57(87-44(5)92-91-10)58(89-60)39-86-90(80,81)82/h13-15,19-20,24-26,32-36,38,44,57-58,60-61,68H,11-12,17-18,22-23,27-31,37,39-41H2,1-10H3,(H,69,75)(H,70,76)(H,71,77,79)(H2,80,81,82)/b45-19-/t44-,57?,58-,60-,61?/m1/s1.